The summed E-state index contributed by atoms with van der Waals surface area (Å²) in [5.41, 5.74) is 0.690. The molecule has 0 aliphatic rings. The highest BCUT2D eigenvalue weighted by Crippen LogP contribution is 2.14. The SMILES string of the molecule is CCCn1c(=O)[nH]c2cccc(F)c21. The number of aryl methyl sites for hydroxylation is 1. The largest absolute Gasteiger partial charge is 0.326 e. The lowest BCUT2D eigenvalue weighted by atomic mass is 10.3. The van der Waals surface area contributed by atoms with E-state index in [2.05, 4.69) is 4.98 Å². The van der Waals surface area contributed by atoms with E-state index in [1.807, 2.05) is 6.92 Å². The van der Waals surface area contributed by atoms with Crippen molar-refractivity contribution in [2.75, 3.05) is 0 Å². The van der Waals surface area contributed by atoms with E-state index in [1.54, 1.807) is 12.1 Å². The van der Waals surface area contributed by atoms with Crippen molar-refractivity contribution < 1.29 is 4.39 Å². The second-order valence-corrected chi connectivity index (χ2v) is 3.22. The molecule has 0 bridgehead atoms. The van der Waals surface area contributed by atoms with Gasteiger partial charge in [-0.1, -0.05) is 13.0 Å². The summed E-state index contributed by atoms with van der Waals surface area (Å²) in [7, 11) is 0. The predicted octanol–water partition coefficient (Wildman–Crippen LogP) is 1.88. The minimum Gasteiger partial charge on any atom is -0.305 e. The van der Waals surface area contributed by atoms with Crippen molar-refractivity contribution in [2.24, 2.45) is 0 Å². The van der Waals surface area contributed by atoms with E-state index in [-0.39, 0.29) is 11.5 Å². The van der Waals surface area contributed by atoms with E-state index in [4.69, 9.17) is 0 Å². The molecule has 2 aromatic rings. The van der Waals surface area contributed by atoms with Crippen LogP contribution in [0, 0.1) is 5.82 Å². The number of halogens is 1. The van der Waals surface area contributed by atoms with Gasteiger partial charge in [0.25, 0.3) is 0 Å². The first kappa shape index (κ1) is 8.99. The van der Waals surface area contributed by atoms with Crippen LogP contribution < -0.4 is 5.69 Å². The maximum Gasteiger partial charge on any atom is 0.326 e. The van der Waals surface area contributed by atoms with Crippen LogP contribution >= 0.6 is 0 Å². The highest BCUT2D eigenvalue weighted by Gasteiger charge is 2.09. The van der Waals surface area contributed by atoms with Gasteiger partial charge in [0.2, 0.25) is 0 Å². The van der Waals surface area contributed by atoms with Crippen LogP contribution in [-0.2, 0) is 6.54 Å². The Bertz CT molecular complexity index is 512. The van der Waals surface area contributed by atoms with Gasteiger partial charge < -0.3 is 4.98 Å². The zero-order chi connectivity index (χ0) is 10.1. The van der Waals surface area contributed by atoms with Crippen LogP contribution in [0.3, 0.4) is 0 Å². The van der Waals surface area contributed by atoms with Crippen LogP contribution in [0.15, 0.2) is 23.0 Å². The zero-order valence-electron chi connectivity index (χ0n) is 7.88. The molecular weight excluding hydrogens is 183 g/mol. The molecule has 0 amide bonds. The predicted molar refractivity (Wildman–Crippen MR) is 52.8 cm³/mol. The van der Waals surface area contributed by atoms with E-state index >= 15 is 0 Å². The second kappa shape index (κ2) is 3.29. The molecule has 14 heavy (non-hydrogen) atoms. The second-order valence-electron chi connectivity index (χ2n) is 3.22. The number of nitrogens with zero attached hydrogens (tertiary/aromatic N) is 1. The van der Waals surface area contributed by atoms with Crippen LogP contribution in [0.5, 0.6) is 0 Å². The van der Waals surface area contributed by atoms with Gasteiger partial charge in [-0.05, 0) is 18.6 Å². The minimum absolute atomic E-state index is 0.244. The molecule has 74 valence electrons. The van der Waals surface area contributed by atoms with E-state index in [0.717, 1.165) is 6.42 Å². The summed E-state index contributed by atoms with van der Waals surface area (Å²) in [6, 6.07) is 4.65. The topological polar surface area (TPSA) is 37.8 Å². The lowest BCUT2D eigenvalue weighted by Gasteiger charge is -2.00. The van der Waals surface area contributed by atoms with Crippen molar-refractivity contribution >= 4 is 11.0 Å². The molecule has 1 N–H and O–H groups in total. The number of rotatable bonds is 2. The molecule has 1 heterocycles. The summed E-state index contributed by atoms with van der Waals surface area (Å²) >= 11 is 0. The Morgan fingerprint density at radius 3 is 3.00 bits per heavy atom. The Kier molecular flexibility index (Phi) is 2.11. The Balaban J connectivity index is 2.79. The Morgan fingerprint density at radius 1 is 1.50 bits per heavy atom. The molecule has 0 saturated carbocycles. The monoisotopic (exact) mass is 194 g/mol. The molecule has 4 heteroatoms. The van der Waals surface area contributed by atoms with Crippen LogP contribution in [0.25, 0.3) is 11.0 Å². The van der Waals surface area contributed by atoms with Crippen LogP contribution in [0.1, 0.15) is 13.3 Å². The van der Waals surface area contributed by atoms with Crippen molar-refractivity contribution in [1.82, 2.24) is 9.55 Å². The molecule has 0 saturated heterocycles. The Hall–Kier alpha value is -1.58. The van der Waals surface area contributed by atoms with Crippen molar-refractivity contribution in [1.29, 1.82) is 0 Å². The van der Waals surface area contributed by atoms with Gasteiger partial charge in [-0.15, -0.1) is 0 Å². The molecular formula is C10H11FN2O. The molecule has 0 radical (unpaired) electrons. The van der Waals surface area contributed by atoms with Crippen LogP contribution in [-0.4, -0.2) is 9.55 Å². The van der Waals surface area contributed by atoms with Gasteiger partial charge in [0.15, 0.2) is 0 Å². The Morgan fingerprint density at radius 2 is 2.29 bits per heavy atom. The first-order valence-electron chi connectivity index (χ1n) is 4.61. The number of H-pyrrole nitrogens is 1. The molecule has 0 aliphatic carbocycles. The molecule has 0 atom stereocenters. The summed E-state index contributed by atoms with van der Waals surface area (Å²) in [6.07, 6.45) is 0.807. The fourth-order valence-electron chi connectivity index (χ4n) is 1.61. The standard InChI is InChI=1S/C10H11FN2O/c1-2-6-13-9-7(11)4-3-5-8(9)12-10(13)14/h3-5H,2,6H2,1H3,(H,12,14). The summed E-state index contributed by atoms with van der Waals surface area (Å²) < 4.78 is 14.8. The normalized spacial score (nSPS) is 11.0. The number of hydrogen-bond acceptors (Lipinski definition) is 1. The summed E-state index contributed by atoms with van der Waals surface area (Å²) in [4.78, 5) is 14.0. The number of imidazole rings is 1. The minimum atomic E-state index is -0.352. The van der Waals surface area contributed by atoms with E-state index < -0.39 is 0 Å². The van der Waals surface area contributed by atoms with Gasteiger partial charge in [0, 0.05) is 6.54 Å². The van der Waals surface area contributed by atoms with Gasteiger partial charge in [-0.2, -0.15) is 0 Å². The van der Waals surface area contributed by atoms with Crippen LogP contribution in [0.2, 0.25) is 0 Å². The maximum atomic E-state index is 13.4. The summed E-state index contributed by atoms with van der Waals surface area (Å²) in [5.74, 6) is -0.352. The van der Waals surface area contributed by atoms with Gasteiger partial charge >= 0.3 is 5.69 Å². The summed E-state index contributed by atoms with van der Waals surface area (Å²) in [6.45, 7) is 2.49. The average molecular weight is 194 g/mol. The third-order valence-corrected chi connectivity index (χ3v) is 2.19. The highest BCUT2D eigenvalue weighted by molar-refractivity contribution is 5.75. The lowest BCUT2D eigenvalue weighted by molar-refractivity contribution is 0.612. The molecule has 0 fully saturated rings. The molecule has 0 aliphatic heterocycles. The van der Waals surface area contributed by atoms with Gasteiger partial charge in [0.1, 0.15) is 11.3 Å². The number of hydrogen-bond donors (Lipinski definition) is 1. The fraction of sp³-hybridized carbons (Fsp3) is 0.300. The van der Waals surface area contributed by atoms with Gasteiger partial charge in [-0.3, -0.25) is 4.57 Å². The molecule has 3 nitrogen and oxygen atoms in total. The first-order chi connectivity index (χ1) is 6.74. The zero-order valence-corrected chi connectivity index (χ0v) is 7.88. The quantitative estimate of drug-likeness (QED) is 0.778. The van der Waals surface area contributed by atoms with Crippen molar-refractivity contribution in [3.8, 4) is 0 Å². The third-order valence-electron chi connectivity index (χ3n) is 2.19. The number of para-hydroxylation sites is 1. The van der Waals surface area contributed by atoms with Gasteiger partial charge in [0.05, 0.1) is 5.52 Å². The van der Waals surface area contributed by atoms with Crippen molar-refractivity contribution in [3.05, 3.63) is 34.5 Å². The summed E-state index contributed by atoms with van der Waals surface area (Å²) in [5, 5.41) is 0. The Labute approximate surface area is 80.2 Å². The average Bonchev–Trinajstić information content (AvgIpc) is 2.45. The fourth-order valence-corrected chi connectivity index (χ4v) is 1.61. The van der Waals surface area contributed by atoms with E-state index in [0.29, 0.717) is 17.6 Å². The van der Waals surface area contributed by atoms with Crippen molar-refractivity contribution in [3.63, 3.8) is 0 Å². The smallest absolute Gasteiger partial charge is 0.305 e. The number of nitrogens with one attached hydrogen (secondary N) is 1. The number of aromatic nitrogens is 2. The van der Waals surface area contributed by atoms with Gasteiger partial charge in [-0.25, -0.2) is 9.18 Å². The maximum absolute atomic E-state index is 13.4. The van der Waals surface area contributed by atoms with Crippen LogP contribution in [0.4, 0.5) is 4.39 Å². The number of aromatic amines is 1. The number of benzene rings is 1. The molecule has 2 rings (SSSR count). The third kappa shape index (κ3) is 1.23. The number of fused-ring (bicyclic) bond motifs is 1. The van der Waals surface area contributed by atoms with Crippen molar-refractivity contribution in [2.45, 2.75) is 19.9 Å². The molecule has 0 spiro atoms. The highest BCUT2D eigenvalue weighted by atomic mass is 19.1. The molecule has 1 aromatic carbocycles. The van der Waals surface area contributed by atoms with E-state index in [9.17, 15) is 9.18 Å². The lowest BCUT2D eigenvalue weighted by Crippen LogP contribution is -2.16. The van der Waals surface area contributed by atoms with E-state index in [1.165, 1.54) is 10.6 Å². The molecule has 1 aromatic heterocycles. The molecule has 0 unspecified atom stereocenters. The first-order valence-corrected chi connectivity index (χ1v) is 4.61.